The van der Waals surface area contributed by atoms with Crippen LogP contribution in [-0.4, -0.2) is 49.8 Å². The molecule has 1 unspecified atom stereocenters. The Morgan fingerprint density at radius 2 is 2.00 bits per heavy atom. The first kappa shape index (κ1) is 20.0. The Kier molecular flexibility index (Phi) is 5.42. The van der Waals surface area contributed by atoms with Gasteiger partial charge in [0.1, 0.15) is 23.1 Å². The molecule has 2 aliphatic heterocycles. The third-order valence-electron chi connectivity index (χ3n) is 7.16. The van der Waals surface area contributed by atoms with Crippen LogP contribution >= 0.6 is 0 Å². The normalized spacial score (nSPS) is 32.0. The summed E-state index contributed by atoms with van der Waals surface area (Å²) >= 11 is 0. The van der Waals surface area contributed by atoms with Gasteiger partial charge in [0, 0.05) is 12.8 Å². The second-order valence-corrected chi connectivity index (χ2v) is 8.65. The number of carbonyl (C=O) groups is 2. The van der Waals surface area contributed by atoms with E-state index in [9.17, 15) is 9.59 Å². The highest BCUT2D eigenvalue weighted by atomic mass is 16.5. The smallest absolute Gasteiger partial charge is 0.329 e. The zero-order valence-electron chi connectivity index (χ0n) is 17.6. The Hall–Kier alpha value is -2.28. The van der Waals surface area contributed by atoms with Gasteiger partial charge in [0.15, 0.2) is 6.67 Å². The molecule has 4 rings (SSSR count). The minimum atomic E-state index is -0.697. The number of quaternary nitrogens is 1. The highest BCUT2D eigenvalue weighted by molar-refractivity contribution is 6.07. The first-order chi connectivity index (χ1) is 14.0. The van der Waals surface area contributed by atoms with E-state index in [1.807, 2.05) is 18.2 Å². The molecule has 2 N–H and O–H groups in total. The molecule has 3 fully saturated rings. The van der Waals surface area contributed by atoms with Gasteiger partial charge in [0.2, 0.25) is 0 Å². The fraction of sp³-hybridized carbons (Fsp3) is 0.636. The van der Waals surface area contributed by atoms with Gasteiger partial charge in [0.05, 0.1) is 26.3 Å². The molecule has 3 amide bonds. The maximum Gasteiger partial charge on any atom is 0.329 e. The summed E-state index contributed by atoms with van der Waals surface area (Å²) in [5.41, 5.74) is 0.379. The van der Waals surface area contributed by atoms with Crippen molar-refractivity contribution in [1.82, 2.24) is 10.2 Å². The minimum absolute atomic E-state index is 0.0366. The van der Waals surface area contributed by atoms with Crippen molar-refractivity contribution in [2.75, 3.05) is 27.4 Å². The highest BCUT2D eigenvalue weighted by Crippen LogP contribution is 2.38. The standard InChI is InChI=1S/C22H31N3O4/c1-15-7-4-5-11-22(15)20(26)25(21(27)23-22)14-24-12-6-8-18(24)17-13-16(28-2)9-10-19(17)29-3/h9-10,13,15,18H,4-8,11-12,14H2,1-3H3,(H,23,27)/p+1/t15-,18-,22+/m1/s1. The van der Waals surface area contributed by atoms with Crippen molar-refractivity contribution < 1.29 is 24.0 Å². The summed E-state index contributed by atoms with van der Waals surface area (Å²) in [6.07, 6.45) is 5.89. The molecule has 2 saturated heterocycles. The fourth-order valence-corrected chi connectivity index (χ4v) is 5.43. The van der Waals surface area contributed by atoms with Crippen molar-refractivity contribution in [2.45, 2.75) is 57.0 Å². The number of nitrogens with one attached hydrogen (secondary N) is 2. The molecular formula is C22H32N3O4+. The average molecular weight is 403 g/mol. The number of imide groups is 1. The van der Waals surface area contributed by atoms with Crippen LogP contribution in [0.3, 0.4) is 0 Å². The number of nitrogens with zero attached hydrogens (tertiary/aromatic N) is 1. The number of methoxy groups -OCH3 is 2. The third kappa shape index (κ3) is 3.35. The Balaban J connectivity index is 1.56. The highest BCUT2D eigenvalue weighted by Gasteiger charge is 2.56. The molecule has 1 spiro atoms. The predicted octanol–water partition coefficient (Wildman–Crippen LogP) is 1.88. The summed E-state index contributed by atoms with van der Waals surface area (Å²) < 4.78 is 11.0. The molecule has 7 heteroatoms. The van der Waals surface area contributed by atoms with Crippen LogP contribution in [-0.2, 0) is 4.79 Å². The van der Waals surface area contributed by atoms with E-state index in [0.29, 0.717) is 6.67 Å². The summed E-state index contributed by atoms with van der Waals surface area (Å²) in [5, 5.41) is 3.07. The lowest BCUT2D eigenvalue weighted by Crippen LogP contribution is -3.12. The number of amides is 3. The molecule has 0 aromatic heterocycles. The van der Waals surface area contributed by atoms with Crippen LogP contribution in [0.5, 0.6) is 11.5 Å². The summed E-state index contributed by atoms with van der Waals surface area (Å²) in [5.74, 6) is 1.76. The number of hydrogen-bond acceptors (Lipinski definition) is 4. The van der Waals surface area contributed by atoms with Gasteiger partial charge < -0.3 is 19.7 Å². The number of carbonyl (C=O) groups excluding carboxylic acids is 2. The Morgan fingerprint density at radius 1 is 1.17 bits per heavy atom. The van der Waals surface area contributed by atoms with Gasteiger partial charge in [-0.1, -0.05) is 19.8 Å². The molecule has 0 bridgehead atoms. The molecule has 1 aliphatic carbocycles. The summed E-state index contributed by atoms with van der Waals surface area (Å²) in [4.78, 5) is 28.8. The Bertz CT molecular complexity index is 798. The lowest BCUT2D eigenvalue weighted by Gasteiger charge is -2.37. The van der Waals surface area contributed by atoms with Crippen molar-refractivity contribution in [2.24, 2.45) is 5.92 Å². The first-order valence-electron chi connectivity index (χ1n) is 10.7. The molecule has 29 heavy (non-hydrogen) atoms. The second kappa shape index (κ2) is 7.86. The summed E-state index contributed by atoms with van der Waals surface area (Å²) in [6, 6.07) is 5.77. The van der Waals surface area contributed by atoms with Gasteiger partial charge >= 0.3 is 6.03 Å². The zero-order valence-corrected chi connectivity index (χ0v) is 17.6. The van der Waals surface area contributed by atoms with Crippen molar-refractivity contribution in [1.29, 1.82) is 0 Å². The zero-order chi connectivity index (χ0) is 20.6. The van der Waals surface area contributed by atoms with Crippen molar-refractivity contribution in [3.63, 3.8) is 0 Å². The number of hydrogen-bond donors (Lipinski definition) is 2. The third-order valence-corrected chi connectivity index (χ3v) is 7.16. The van der Waals surface area contributed by atoms with Crippen molar-refractivity contribution >= 4 is 11.9 Å². The van der Waals surface area contributed by atoms with E-state index in [0.717, 1.165) is 62.1 Å². The van der Waals surface area contributed by atoms with E-state index in [1.54, 1.807) is 14.2 Å². The first-order valence-corrected chi connectivity index (χ1v) is 10.7. The van der Waals surface area contributed by atoms with Gasteiger partial charge in [-0.15, -0.1) is 0 Å². The SMILES string of the molecule is COc1ccc(OC)c([C@H]2CCC[NH+]2CN2C(=O)N[C@]3(CCCC[C@H]3C)C2=O)c1. The van der Waals surface area contributed by atoms with Gasteiger partial charge in [0.25, 0.3) is 5.91 Å². The van der Waals surface area contributed by atoms with E-state index in [2.05, 4.69) is 12.2 Å². The number of benzene rings is 1. The molecule has 158 valence electrons. The minimum Gasteiger partial charge on any atom is -0.497 e. The Morgan fingerprint density at radius 3 is 2.72 bits per heavy atom. The second-order valence-electron chi connectivity index (χ2n) is 8.65. The predicted molar refractivity (Wildman–Crippen MR) is 108 cm³/mol. The van der Waals surface area contributed by atoms with Crippen LogP contribution < -0.4 is 19.7 Å². The fourth-order valence-electron chi connectivity index (χ4n) is 5.43. The van der Waals surface area contributed by atoms with E-state index >= 15 is 0 Å². The van der Waals surface area contributed by atoms with Gasteiger partial charge in [-0.25, -0.2) is 9.69 Å². The molecule has 7 nitrogen and oxygen atoms in total. The topological polar surface area (TPSA) is 72.3 Å². The van der Waals surface area contributed by atoms with E-state index in [4.69, 9.17) is 9.47 Å². The molecule has 3 aliphatic rings. The lowest BCUT2D eigenvalue weighted by molar-refractivity contribution is -0.925. The van der Waals surface area contributed by atoms with Gasteiger partial charge in [-0.2, -0.15) is 0 Å². The quantitative estimate of drug-likeness (QED) is 0.738. The lowest BCUT2D eigenvalue weighted by atomic mass is 9.73. The molecule has 1 aromatic rings. The van der Waals surface area contributed by atoms with Gasteiger partial charge in [-0.3, -0.25) is 4.79 Å². The molecule has 1 saturated carbocycles. The van der Waals surface area contributed by atoms with Crippen molar-refractivity contribution in [3.05, 3.63) is 23.8 Å². The Labute approximate surface area is 172 Å². The van der Waals surface area contributed by atoms with Crippen molar-refractivity contribution in [3.8, 4) is 11.5 Å². The average Bonchev–Trinajstić information content (AvgIpc) is 3.29. The molecule has 2 heterocycles. The van der Waals surface area contributed by atoms with Crippen LogP contribution in [0.25, 0.3) is 0 Å². The number of rotatable bonds is 5. The monoisotopic (exact) mass is 402 g/mol. The molecule has 1 aromatic carbocycles. The summed E-state index contributed by atoms with van der Waals surface area (Å²) in [7, 11) is 3.33. The van der Waals surface area contributed by atoms with Crippen LogP contribution in [0.15, 0.2) is 18.2 Å². The maximum atomic E-state index is 13.3. The van der Waals surface area contributed by atoms with E-state index in [-0.39, 0.29) is 23.9 Å². The number of likely N-dealkylation sites (tertiary alicyclic amines) is 1. The van der Waals surface area contributed by atoms with Gasteiger partial charge in [-0.05, 0) is 37.0 Å². The number of ether oxygens (including phenoxy) is 2. The maximum absolute atomic E-state index is 13.3. The molecule has 0 radical (unpaired) electrons. The largest absolute Gasteiger partial charge is 0.497 e. The summed E-state index contributed by atoms with van der Waals surface area (Å²) in [6.45, 7) is 3.41. The van der Waals surface area contributed by atoms with Crippen LogP contribution in [0.2, 0.25) is 0 Å². The van der Waals surface area contributed by atoms with E-state index in [1.165, 1.54) is 9.80 Å². The van der Waals surface area contributed by atoms with Crippen LogP contribution in [0.1, 0.15) is 57.1 Å². The number of urea groups is 1. The molecular weight excluding hydrogens is 370 g/mol. The van der Waals surface area contributed by atoms with E-state index < -0.39 is 5.54 Å². The van der Waals surface area contributed by atoms with Crippen LogP contribution in [0, 0.1) is 5.92 Å². The molecule has 4 atom stereocenters. The van der Waals surface area contributed by atoms with Crippen LogP contribution in [0.4, 0.5) is 4.79 Å².